The molecule has 0 heterocycles. The number of carbonyl (C=O) groups excluding carboxylic acids is 1. The average molecular weight is 351 g/mol. The predicted molar refractivity (Wildman–Crippen MR) is 84.3 cm³/mol. The van der Waals surface area contributed by atoms with E-state index in [1.807, 2.05) is 25.1 Å². The number of Topliss-reactive ketones (excluding diaryl/α,β-unsaturated/α-hetero) is 1. The highest BCUT2D eigenvalue weighted by Gasteiger charge is 2.06. The van der Waals surface area contributed by atoms with Gasteiger partial charge in [-0.05, 0) is 61.4 Å². The van der Waals surface area contributed by atoms with Crippen molar-refractivity contribution in [3.63, 3.8) is 0 Å². The lowest BCUT2D eigenvalue weighted by Gasteiger charge is -2.09. The van der Waals surface area contributed by atoms with Crippen molar-refractivity contribution in [1.82, 2.24) is 0 Å². The summed E-state index contributed by atoms with van der Waals surface area (Å²) in [7, 11) is 0. The minimum Gasteiger partial charge on any atom is -0.493 e. The van der Waals surface area contributed by atoms with E-state index in [2.05, 4.69) is 15.9 Å². The fraction of sp³-hybridized carbons (Fsp3) is 0.235. The molecule has 0 saturated carbocycles. The van der Waals surface area contributed by atoms with Crippen molar-refractivity contribution in [2.75, 3.05) is 6.61 Å². The molecule has 0 aliphatic carbocycles. The Morgan fingerprint density at radius 2 is 1.90 bits per heavy atom. The van der Waals surface area contributed by atoms with E-state index < -0.39 is 0 Å². The van der Waals surface area contributed by atoms with Crippen molar-refractivity contribution in [1.29, 1.82) is 0 Å². The van der Waals surface area contributed by atoms with Crippen LogP contribution in [0, 0.1) is 12.7 Å². The van der Waals surface area contributed by atoms with E-state index in [9.17, 15) is 9.18 Å². The molecule has 2 aromatic carbocycles. The minimum absolute atomic E-state index is 0.00567. The summed E-state index contributed by atoms with van der Waals surface area (Å²) in [6, 6.07) is 11.4. The number of ether oxygens (including phenoxy) is 1. The summed E-state index contributed by atoms with van der Waals surface area (Å²) in [6.07, 6.45) is 1.02. The first-order chi connectivity index (χ1) is 10.1. The Labute approximate surface area is 132 Å². The Balaban J connectivity index is 1.79. The molecule has 0 aliphatic rings. The van der Waals surface area contributed by atoms with E-state index in [1.54, 1.807) is 0 Å². The van der Waals surface area contributed by atoms with Gasteiger partial charge in [0.25, 0.3) is 0 Å². The van der Waals surface area contributed by atoms with Crippen LogP contribution < -0.4 is 4.74 Å². The minimum atomic E-state index is -0.333. The smallest absolute Gasteiger partial charge is 0.163 e. The molecule has 0 fully saturated rings. The molecular formula is C17H16BrFO2. The molecule has 0 amide bonds. The zero-order valence-electron chi connectivity index (χ0n) is 11.7. The maximum atomic E-state index is 12.8. The maximum Gasteiger partial charge on any atom is 0.163 e. The number of hydrogen-bond acceptors (Lipinski definition) is 2. The summed E-state index contributed by atoms with van der Waals surface area (Å²) in [4.78, 5) is 11.9. The third-order valence-corrected chi connectivity index (χ3v) is 3.60. The Morgan fingerprint density at radius 3 is 2.57 bits per heavy atom. The van der Waals surface area contributed by atoms with Crippen molar-refractivity contribution >= 4 is 21.7 Å². The quantitative estimate of drug-likeness (QED) is 0.544. The molecule has 0 aliphatic heterocycles. The summed E-state index contributed by atoms with van der Waals surface area (Å²) >= 11 is 3.40. The van der Waals surface area contributed by atoms with E-state index in [0.29, 0.717) is 25.0 Å². The van der Waals surface area contributed by atoms with Crippen molar-refractivity contribution < 1.29 is 13.9 Å². The number of carbonyl (C=O) groups is 1. The molecule has 0 radical (unpaired) electrons. The lowest BCUT2D eigenvalue weighted by atomic mass is 10.1. The number of benzene rings is 2. The summed E-state index contributed by atoms with van der Waals surface area (Å²) < 4.78 is 19.5. The Morgan fingerprint density at radius 1 is 1.19 bits per heavy atom. The van der Waals surface area contributed by atoms with Gasteiger partial charge in [0.2, 0.25) is 0 Å². The normalized spacial score (nSPS) is 10.4. The largest absolute Gasteiger partial charge is 0.493 e. The Kier molecular flexibility index (Phi) is 5.51. The van der Waals surface area contributed by atoms with Crippen LogP contribution in [0.2, 0.25) is 0 Å². The van der Waals surface area contributed by atoms with Crippen LogP contribution in [0.1, 0.15) is 28.8 Å². The zero-order chi connectivity index (χ0) is 15.2. The van der Waals surface area contributed by atoms with Crippen molar-refractivity contribution in [3.05, 3.63) is 63.9 Å². The lowest BCUT2D eigenvalue weighted by molar-refractivity contribution is 0.0973. The molecule has 4 heteroatoms. The van der Waals surface area contributed by atoms with Crippen LogP contribution in [0.25, 0.3) is 0 Å². The topological polar surface area (TPSA) is 26.3 Å². The van der Waals surface area contributed by atoms with Gasteiger partial charge in [0.05, 0.1) is 6.61 Å². The molecule has 0 N–H and O–H groups in total. The molecular weight excluding hydrogens is 335 g/mol. The summed E-state index contributed by atoms with van der Waals surface area (Å²) in [5.74, 6) is 0.499. The first kappa shape index (κ1) is 15.7. The molecule has 2 rings (SSSR count). The first-order valence-corrected chi connectivity index (χ1v) is 7.53. The molecule has 2 nitrogen and oxygen atoms in total. The van der Waals surface area contributed by atoms with Crippen molar-refractivity contribution in [2.24, 2.45) is 0 Å². The fourth-order valence-electron chi connectivity index (χ4n) is 1.97. The Bertz CT molecular complexity index is 623. The Hall–Kier alpha value is -1.68. The third-order valence-electron chi connectivity index (χ3n) is 3.11. The highest BCUT2D eigenvalue weighted by Crippen LogP contribution is 2.22. The van der Waals surface area contributed by atoms with Gasteiger partial charge < -0.3 is 4.74 Å². The SMILES string of the molecule is Cc1cc(Br)ccc1OCCCC(=O)c1ccc(F)cc1. The molecule has 0 bridgehead atoms. The average Bonchev–Trinajstić information content (AvgIpc) is 2.46. The molecule has 0 saturated heterocycles. The van der Waals surface area contributed by atoms with E-state index in [4.69, 9.17) is 4.74 Å². The van der Waals surface area contributed by atoms with Crippen LogP contribution in [0.15, 0.2) is 46.9 Å². The van der Waals surface area contributed by atoms with Crippen molar-refractivity contribution in [3.8, 4) is 5.75 Å². The molecule has 0 aromatic heterocycles. The van der Waals surface area contributed by atoms with Gasteiger partial charge >= 0.3 is 0 Å². The molecule has 110 valence electrons. The number of hydrogen-bond donors (Lipinski definition) is 0. The number of rotatable bonds is 6. The van der Waals surface area contributed by atoms with E-state index >= 15 is 0 Å². The van der Waals surface area contributed by atoms with Crippen LogP contribution in [0.4, 0.5) is 4.39 Å². The van der Waals surface area contributed by atoms with Crippen LogP contribution in [0.3, 0.4) is 0 Å². The van der Waals surface area contributed by atoms with Crippen LogP contribution in [-0.4, -0.2) is 12.4 Å². The molecule has 0 unspecified atom stereocenters. The third kappa shape index (κ3) is 4.67. The van der Waals surface area contributed by atoms with Gasteiger partial charge in [0, 0.05) is 16.5 Å². The summed E-state index contributed by atoms with van der Waals surface area (Å²) in [5, 5.41) is 0. The highest BCUT2D eigenvalue weighted by atomic mass is 79.9. The maximum absolute atomic E-state index is 12.8. The first-order valence-electron chi connectivity index (χ1n) is 6.74. The molecule has 0 atom stereocenters. The lowest BCUT2D eigenvalue weighted by Crippen LogP contribution is -2.04. The molecule has 0 spiro atoms. The summed E-state index contributed by atoms with van der Waals surface area (Å²) in [6.45, 7) is 2.46. The highest BCUT2D eigenvalue weighted by molar-refractivity contribution is 9.10. The standard InChI is InChI=1S/C17H16BrFO2/c1-12-11-14(18)6-9-17(12)21-10-2-3-16(20)13-4-7-15(19)8-5-13/h4-9,11H,2-3,10H2,1H3. The van der Waals surface area contributed by atoms with Gasteiger partial charge in [0.1, 0.15) is 11.6 Å². The number of aryl methyl sites for hydroxylation is 1. The zero-order valence-corrected chi connectivity index (χ0v) is 13.3. The second-order valence-corrected chi connectivity index (χ2v) is 5.71. The molecule has 21 heavy (non-hydrogen) atoms. The van der Waals surface area contributed by atoms with Gasteiger partial charge in [-0.3, -0.25) is 4.79 Å². The number of halogens is 2. The van der Waals surface area contributed by atoms with Gasteiger partial charge in [-0.1, -0.05) is 15.9 Å². The monoisotopic (exact) mass is 350 g/mol. The fourth-order valence-corrected chi connectivity index (χ4v) is 2.45. The predicted octanol–water partition coefficient (Wildman–Crippen LogP) is 4.94. The van der Waals surface area contributed by atoms with Gasteiger partial charge in [-0.25, -0.2) is 4.39 Å². The van der Waals surface area contributed by atoms with Crippen LogP contribution in [-0.2, 0) is 0 Å². The molecule has 2 aromatic rings. The second-order valence-electron chi connectivity index (χ2n) is 4.79. The van der Waals surface area contributed by atoms with E-state index in [-0.39, 0.29) is 11.6 Å². The van der Waals surface area contributed by atoms with Crippen LogP contribution >= 0.6 is 15.9 Å². The van der Waals surface area contributed by atoms with E-state index in [0.717, 1.165) is 15.8 Å². The summed E-state index contributed by atoms with van der Waals surface area (Å²) in [5.41, 5.74) is 1.59. The van der Waals surface area contributed by atoms with Gasteiger partial charge in [-0.2, -0.15) is 0 Å². The van der Waals surface area contributed by atoms with E-state index in [1.165, 1.54) is 24.3 Å². The van der Waals surface area contributed by atoms with Crippen molar-refractivity contribution in [2.45, 2.75) is 19.8 Å². The second kappa shape index (κ2) is 7.36. The van der Waals surface area contributed by atoms with Gasteiger partial charge in [-0.15, -0.1) is 0 Å². The number of ketones is 1. The van der Waals surface area contributed by atoms with Crippen LogP contribution in [0.5, 0.6) is 5.75 Å². The van der Waals surface area contributed by atoms with Gasteiger partial charge in [0.15, 0.2) is 5.78 Å².